The van der Waals surface area contributed by atoms with Crippen molar-refractivity contribution in [2.75, 3.05) is 7.11 Å². The second kappa shape index (κ2) is 7.58. The smallest absolute Gasteiger partial charge is 0.263 e. The number of aromatic nitrogens is 3. The third kappa shape index (κ3) is 3.81. The van der Waals surface area contributed by atoms with Crippen LogP contribution in [0.2, 0.25) is 0 Å². The highest BCUT2D eigenvalue weighted by molar-refractivity contribution is 5.95. The lowest BCUT2D eigenvalue weighted by atomic mass is 10.1. The fourth-order valence-corrected chi connectivity index (χ4v) is 3.35. The van der Waals surface area contributed by atoms with Gasteiger partial charge in [0.2, 0.25) is 0 Å². The summed E-state index contributed by atoms with van der Waals surface area (Å²) in [6, 6.07) is 9.33. The van der Waals surface area contributed by atoms with E-state index in [0.29, 0.717) is 5.56 Å². The molecule has 3 aromatic rings. The molecule has 7 heteroatoms. The number of benzene rings is 1. The van der Waals surface area contributed by atoms with Crippen LogP contribution in [-0.4, -0.2) is 27.4 Å². The van der Waals surface area contributed by atoms with E-state index >= 15 is 0 Å². The van der Waals surface area contributed by atoms with Crippen molar-refractivity contribution in [1.82, 2.24) is 19.7 Å². The lowest BCUT2D eigenvalue weighted by Crippen LogP contribution is -2.35. The van der Waals surface area contributed by atoms with Crippen molar-refractivity contribution < 1.29 is 9.53 Å². The van der Waals surface area contributed by atoms with E-state index in [2.05, 4.69) is 10.4 Å². The normalized spacial score (nSPS) is 14.4. The molecule has 1 fully saturated rings. The molecule has 7 nitrogen and oxygen atoms in total. The van der Waals surface area contributed by atoms with Crippen molar-refractivity contribution in [1.29, 1.82) is 0 Å². The zero-order valence-electron chi connectivity index (χ0n) is 16.8. The van der Waals surface area contributed by atoms with Gasteiger partial charge in [0.15, 0.2) is 0 Å². The first-order valence-corrected chi connectivity index (χ1v) is 9.69. The van der Waals surface area contributed by atoms with Gasteiger partial charge in [0, 0.05) is 24.0 Å². The van der Waals surface area contributed by atoms with Gasteiger partial charge in [-0.3, -0.25) is 9.59 Å². The number of nitrogens with zero attached hydrogens (tertiary/aromatic N) is 3. The van der Waals surface area contributed by atoms with E-state index in [9.17, 15) is 9.59 Å². The highest BCUT2D eigenvalue weighted by atomic mass is 16.5. The summed E-state index contributed by atoms with van der Waals surface area (Å²) in [6.45, 7) is 3.67. The highest BCUT2D eigenvalue weighted by Gasteiger charge is 2.27. The Kier molecular flexibility index (Phi) is 4.96. The number of rotatable bonds is 6. The van der Waals surface area contributed by atoms with Gasteiger partial charge in [-0.25, -0.2) is 4.68 Å². The minimum Gasteiger partial charge on any atom is -0.497 e. The minimum absolute atomic E-state index is 0.216. The number of methoxy groups -OCH3 is 1. The molecule has 29 heavy (non-hydrogen) atoms. The predicted octanol–water partition coefficient (Wildman–Crippen LogP) is 3.18. The number of carbonyl (C=O) groups is 1. The molecule has 0 bridgehead atoms. The molecule has 0 aliphatic heterocycles. The molecule has 0 saturated heterocycles. The Morgan fingerprint density at radius 1 is 1.24 bits per heavy atom. The lowest BCUT2D eigenvalue weighted by Gasteiger charge is -2.14. The molecule has 2 heterocycles. The fraction of sp³-hybridized carbons (Fsp3) is 0.318. The number of pyridine rings is 1. The van der Waals surface area contributed by atoms with Crippen LogP contribution >= 0.6 is 0 Å². The second-order valence-corrected chi connectivity index (χ2v) is 7.43. The summed E-state index contributed by atoms with van der Waals surface area (Å²) in [6.07, 6.45) is 7.35. The first kappa shape index (κ1) is 19.0. The van der Waals surface area contributed by atoms with Crippen molar-refractivity contribution in [2.45, 2.75) is 38.8 Å². The van der Waals surface area contributed by atoms with Gasteiger partial charge < -0.3 is 14.6 Å². The third-order valence-electron chi connectivity index (χ3n) is 5.28. The largest absolute Gasteiger partial charge is 0.497 e. The molecule has 4 rings (SSSR count). The SMILES string of the molecule is COc1ccc(-n2cc(C(C)NC(=O)c3c(C)ccn(C4CC4)c3=O)cn2)cc1. The van der Waals surface area contributed by atoms with Crippen LogP contribution in [0, 0.1) is 6.92 Å². The van der Waals surface area contributed by atoms with Crippen LogP contribution in [0.5, 0.6) is 5.75 Å². The molecule has 0 radical (unpaired) electrons. The van der Waals surface area contributed by atoms with Gasteiger partial charge in [-0.1, -0.05) is 0 Å². The number of aryl methyl sites for hydroxylation is 1. The van der Waals surface area contributed by atoms with E-state index in [1.807, 2.05) is 43.5 Å². The monoisotopic (exact) mass is 392 g/mol. The van der Waals surface area contributed by atoms with Crippen molar-refractivity contribution in [3.8, 4) is 11.4 Å². The van der Waals surface area contributed by atoms with Crippen LogP contribution in [-0.2, 0) is 0 Å². The Bertz CT molecular complexity index is 1090. The Hall–Kier alpha value is -3.35. The van der Waals surface area contributed by atoms with Crippen molar-refractivity contribution in [3.05, 3.63) is 76.0 Å². The molecule has 1 saturated carbocycles. The van der Waals surface area contributed by atoms with Crippen LogP contribution in [0.15, 0.2) is 53.7 Å². The van der Waals surface area contributed by atoms with E-state index in [4.69, 9.17) is 4.74 Å². The topological polar surface area (TPSA) is 78.1 Å². The average molecular weight is 392 g/mol. The quantitative estimate of drug-likeness (QED) is 0.699. The molecule has 1 atom stereocenters. The molecule has 1 N–H and O–H groups in total. The van der Waals surface area contributed by atoms with Crippen LogP contribution in [0.1, 0.15) is 53.3 Å². The first-order valence-electron chi connectivity index (χ1n) is 9.69. The van der Waals surface area contributed by atoms with Gasteiger partial charge >= 0.3 is 0 Å². The predicted molar refractivity (Wildman–Crippen MR) is 110 cm³/mol. The van der Waals surface area contributed by atoms with Crippen molar-refractivity contribution >= 4 is 5.91 Å². The van der Waals surface area contributed by atoms with E-state index < -0.39 is 0 Å². The van der Waals surface area contributed by atoms with E-state index in [1.165, 1.54) is 0 Å². The summed E-state index contributed by atoms with van der Waals surface area (Å²) in [5.74, 6) is 0.420. The summed E-state index contributed by atoms with van der Waals surface area (Å²) < 4.78 is 8.59. The maximum atomic E-state index is 12.8. The van der Waals surface area contributed by atoms with E-state index in [0.717, 1.165) is 29.8 Å². The molecule has 150 valence electrons. The van der Waals surface area contributed by atoms with Gasteiger partial charge in [0.05, 0.1) is 25.0 Å². The van der Waals surface area contributed by atoms with E-state index in [-0.39, 0.29) is 29.1 Å². The molecular formula is C22H24N4O3. The van der Waals surface area contributed by atoms with Gasteiger partial charge in [-0.2, -0.15) is 5.10 Å². The molecule has 1 aromatic carbocycles. The zero-order valence-corrected chi connectivity index (χ0v) is 16.8. The molecule has 1 amide bonds. The maximum Gasteiger partial charge on any atom is 0.263 e. The highest BCUT2D eigenvalue weighted by Crippen LogP contribution is 2.33. The van der Waals surface area contributed by atoms with Crippen molar-refractivity contribution in [2.24, 2.45) is 0 Å². The van der Waals surface area contributed by atoms with Crippen LogP contribution < -0.4 is 15.6 Å². The van der Waals surface area contributed by atoms with Crippen molar-refractivity contribution in [3.63, 3.8) is 0 Å². The number of hydrogen-bond acceptors (Lipinski definition) is 4. The third-order valence-corrected chi connectivity index (χ3v) is 5.28. The summed E-state index contributed by atoms with van der Waals surface area (Å²) in [5, 5.41) is 7.32. The number of amides is 1. The Labute approximate surface area is 168 Å². The summed E-state index contributed by atoms with van der Waals surface area (Å²) in [7, 11) is 1.62. The number of ether oxygens (including phenoxy) is 1. The van der Waals surface area contributed by atoms with Gasteiger partial charge in [0.1, 0.15) is 11.3 Å². The van der Waals surface area contributed by atoms with Gasteiger partial charge in [0.25, 0.3) is 11.5 Å². The maximum absolute atomic E-state index is 12.8. The average Bonchev–Trinajstić information content (AvgIpc) is 3.43. The first-order chi connectivity index (χ1) is 14.0. The lowest BCUT2D eigenvalue weighted by molar-refractivity contribution is 0.0937. The van der Waals surface area contributed by atoms with E-state index in [1.54, 1.807) is 35.7 Å². The van der Waals surface area contributed by atoms with Gasteiger partial charge in [-0.05, 0) is 62.6 Å². The zero-order chi connectivity index (χ0) is 20.5. The van der Waals surface area contributed by atoms with Crippen LogP contribution in [0.4, 0.5) is 0 Å². The fourth-order valence-electron chi connectivity index (χ4n) is 3.35. The summed E-state index contributed by atoms with van der Waals surface area (Å²) in [4.78, 5) is 25.6. The molecule has 1 aliphatic rings. The Balaban J connectivity index is 1.52. The summed E-state index contributed by atoms with van der Waals surface area (Å²) >= 11 is 0. The molecule has 1 aliphatic carbocycles. The Morgan fingerprint density at radius 2 is 1.97 bits per heavy atom. The van der Waals surface area contributed by atoms with Crippen LogP contribution in [0.25, 0.3) is 5.69 Å². The summed E-state index contributed by atoms with van der Waals surface area (Å²) in [5.41, 5.74) is 2.43. The standard InChI is InChI=1S/C22H24N4O3/c1-14-10-11-25(17-4-5-17)22(28)20(14)21(27)24-15(2)16-12-23-26(13-16)18-6-8-19(29-3)9-7-18/h6-13,15,17H,4-5H2,1-3H3,(H,24,27). The van der Waals surface area contributed by atoms with Crippen LogP contribution in [0.3, 0.4) is 0 Å². The van der Waals surface area contributed by atoms with Gasteiger partial charge in [-0.15, -0.1) is 0 Å². The number of hydrogen-bond donors (Lipinski definition) is 1. The molecular weight excluding hydrogens is 368 g/mol. The minimum atomic E-state index is -0.354. The number of carbonyl (C=O) groups excluding carboxylic acids is 1. The number of nitrogens with one attached hydrogen (secondary N) is 1. The molecule has 0 spiro atoms. The molecule has 1 unspecified atom stereocenters. The molecule has 2 aromatic heterocycles. The second-order valence-electron chi connectivity index (χ2n) is 7.43. The Morgan fingerprint density at radius 3 is 2.62 bits per heavy atom.